The van der Waals surface area contributed by atoms with Crippen LogP contribution in [-0.2, 0) is 5.54 Å². The van der Waals surface area contributed by atoms with Gasteiger partial charge in [0.2, 0.25) is 0 Å². The van der Waals surface area contributed by atoms with Crippen LogP contribution in [0.2, 0.25) is 0 Å². The molecule has 3 fully saturated rings. The number of nitrogens with zero attached hydrogens (tertiary/aromatic N) is 3. The van der Waals surface area contributed by atoms with E-state index in [1.54, 1.807) is 13.0 Å². The second-order valence-corrected chi connectivity index (χ2v) is 10.7. The van der Waals surface area contributed by atoms with Crippen LogP contribution in [0.1, 0.15) is 56.1 Å². The van der Waals surface area contributed by atoms with Gasteiger partial charge in [-0.1, -0.05) is 36.8 Å². The van der Waals surface area contributed by atoms with Gasteiger partial charge in [-0.05, 0) is 94.8 Å². The Balaban J connectivity index is 1.46. The highest BCUT2D eigenvalue weighted by Gasteiger charge is 2.55. The molecular formula is C28H36FN3O. The molecule has 33 heavy (non-hydrogen) atoms. The molecule has 2 aromatic carbocycles. The molecule has 1 saturated heterocycles. The fraction of sp³-hybridized carbons (Fsp3) is 0.536. The summed E-state index contributed by atoms with van der Waals surface area (Å²) in [6.07, 6.45) is 7.73. The molecule has 4 nitrogen and oxygen atoms in total. The molecule has 1 heterocycles. The molecular weight excluding hydrogens is 413 g/mol. The van der Waals surface area contributed by atoms with Crippen molar-refractivity contribution in [3.05, 3.63) is 65.5 Å². The minimum atomic E-state index is -0.220. The van der Waals surface area contributed by atoms with E-state index in [1.165, 1.54) is 30.9 Å². The largest absolute Gasteiger partial charge is 0.325 e. The molecule has 2 aliphatic carbocycles. The van der Waals surface area contributed by atoms with Gasteiger partial charge in [-0.25, -0.2) is 9.18 Å². The second kappa shape index (κ2) is 8.43. The van der Waals surface area contributed by atoms with Crippen LogP contribution in [0.4, 0.5) is 14.9 Å². The highest BCUT2D eigenvalue weighted by Crippen LogP contribution is 2.50. The highest BCUT2D eigenvalue weighted by molar-refractivity contribution is 5.95. The maximum absolute atomic E-state index is 13.9. The van der Waals surface area contributed by atoms with E-state index in [-0.39, 0.29) is 22.9 Å². The number of rotatable bonds is 5. The molecule has 0 aromatic heterocycles. The van der Waals surface area contributed by atoms with Gasteiger partial charge in [0.1, 0.15) is 5.82 Å². The Morgan fingerprint density at radius 2 is 1.73 bits per heavy atom. The van der Waals surface area contributed by atoms with Crippen LogP contribution in [0.25, 0.3) is 0 Å². The monoisotopic (exact) mass is 449 g/mol. The smallest absolute Gasteiger partial charge is 0.317 e. The number of urea groups is 1. The zero-order chi connectivity index (χ0) is 23.2. The van der Waals surface area contributed by atoms with Crippen LogP contribution in [0, 0.1) is 18.7 Å². The molecule has 2 saturated carbocycles. The van der Waals surface area contributed by atoms with Crippen molar-refractivity contribution in [1.29, 1.82) is 0 Å². The van der Waals surface area contributed by atoms with Crippen molar-refractivity contribution in [1.82, 2.24) is 9.80 Å². The lowest BCUT2D eigenvalue weighted by Gasteiger charge is -2.51. The van der Waals surface area contributed by atoms with Crippen LogP contribution in [0.15, 0.2) is 48.5 Å². The van der Waals surface area contributed by atoms with Crippen LogP contribution >= 0.6 is 0 Å². The first-order valence-corrected chi connectivity index (χ1v) is 12.4. The number of anilines is 1. The summed E-state index contributed by atoms with van der Waals surface area (Å²) in [5, 5.41) is 0. The van der Waals surface area contributed by atoms with Gasteiger partial charge < -0.3 is 4.90 Å². The molecule has 2 aromatic rings. The van der Waals surface area contributed by atoms with Crippen LogP contribution in [-0.4, -0.2) is 48.6 Å². The molecule has 0 bridgehead atoms. The van der Waals surface area contributed by atoms with Gasteiger partial charge in [0.25, 0.3) is 0 Å². The molecule has 0 radical (unpaired) electrons. The number of amides is 2. The maximum Gasteiger partial charge on any atom is 0.325 e. The van der Waals surface area contributed by atoms with Crippen molar-refractivity contribution in [2.75, 3.05) is 32.1 Å². The average molecular weight is 450 g/mol. The van der Waals surface area contributed by atoms with Crippen LogP contribution in [0.5, 0.6) is 0 Å². The minimum absolute atomic E-state index is 0.00240. The van der Waals surface area contributed by atoms with Crippen molar-refractivity contribution in [2.24, 2.45) is 5.92 Å². The first-order valence-electron chi connectivity index (χ1n) is 12.4. The van der Waals surface area contributed by atoms with Gasteiger partial charge in [-0.15, -0.1) is 0 Å². The SMILES string of the molecule is Cc1cc(N2CC3(CCC(c4ccccc4)(N(C)C)CC3)N(CC3CCC3)C2=O)ccc1F. The van der Waals surface area contributed by atoms with Crippen molar-refractivity contribution in [3.63, 3.8) is 0 Å². The lowest BCUT2D eigenvalue weighted by Crippen LogP contribution is -2.56. The number of hydrogen-bond acceptors (Lipinski definition) is 2. The van der Waals surface area contributed by atoms with Gasteiger partial charge in [0, 0.05) is 17.8 Å². The van der Waals surface area contributed by atoms with Gasteiger partial charge >= 0.3 is 6.03 Å². The average Bonchev–Trinajstić information content (AvgIpc) is 3.05. The molecule has 2 amide bonds. The molecule has 0 N–H and O–H groups in total. The molecule has 1 spiro atoms. The van der Waals surface area contributed by atoms with E-state index in [0.29, 0.717) is 18.0 Å². The summed E-state index contributed by atoms with van der Waals surface area (Å²) in [4.78, 5) is 20.3. The Kier molecular flexibility index (Phi) is 5.72. The standard InChI is InChI=1S/C28H36FN3O/c1-21-18-24(12-13-25(21)29)31-20-27(32(26(31)33)19-22-8-7-9-22)14-16-28(17-15-27,30(2)3)23-10-5-4-6-11-23/h4-6,10-13,18,22H,7-9,14-17,19-20H2,1-3H3. The minimum Gasteiger partial charge on any atom is -0.317 e. The van der Waals surface area contributed by atoms with E-state index < -0.39 is 0 Å². The predicted octanol–water partition coefficient (Wildman–Crippen LogP) is 5.95. The summed E-state index contributed by atoms with van der Waals surface area (Å²) in [5.41, 5.74) is 2.62. The summed E-state index contributed by atoms with van der Waals surface area (Å²) >= 11 is 0. The van der Waals surface area contributed by atoms with E-state index in [4.69, 9.17) is 0 Å². The Labute approximate surface area is 197 Å². The van der Waals surface area contributed by atoms with E-state index >= 15 is 0 Å². The fourth-order valence-corrected chi connectivity index (χ4v) is 6.30. The molecule has 176 valence electrons. The van der Waals surface area contributed by atoms with E-state index in [0.717, 1.165) is 37.9 Å². The van der Waals surface area contributed by atoms with Crippen molar-refractivity contribution in [2.45, 2.75) is 62.9 Å². The first kappa shape index (κ1) is 22.4. The quantitative estimate of drug-likeness (QED) is 0.564. The number of carbonyl (C=O) groups is 1. The number of benzene rings is 2. The van der Waals surface area contributed by atoms with Gasteiger partial charge in [-0.2, -0.15) is 0 Å². The Hall–Kier alpha value is -2.40. The lowest BCUT2D eigenvalue weighted by molar-refractivity contribution is 0.0172. The first-order chi connectivity index (χ1) is 15.8. The number of carbonyl (C=O) groups excluding carboxylic acids is 1. The normalized spacial score (nSPS) is 28.1. The molecule has 0 atom stereocenters. The Morgan fingerprint density at radius 1 is 1.03 bits per heavy atom. The molecule has 3 aliphatic rings. The van der Waals surface area contributed by atoms with Gasteiger partial charge in [0.15, 0.2) is 0 Å². The zero-order valence-electron chi connectivity index (χ0n) is 20.2. The topological polar surface area (TPSA) is 26.8 Å². The second-order valence-electron chi connectivity index (χ2n) is 10.7. The third-order valence-corrected chi connectivity index (χ3v) is 8.78. The Bertz CT molecular complexity index is 1010. The summed E-state index contributed by atoms with van der Waals surface area (Å²) in [7, 11) is 4.37. The number of aryl methyl sites for hydroxylation is 1. The van der Waals surface area contributed by atoms with Crippen LogP contribution in [0.3, 0.4) is 0 Å². The summed E-state index contributed by atoms with van der Waals surface area (Å²) in [5.74, 6) is 0.401. The fourth-order valence-electron chi connectivity index (χ4n) is 6.30. The van der Waals surface area contributed by atoms with Crippen molar-refractivity contribution < 1.29 is 9.18 Å². The molecule has 5 rings (SSSR count). The van der Waals surface area contributed by atoms with E-state index in [2.05, 4.69) is 54.2 Å². The number of hydrogen-bond donors (Lipinski definition) is 0. The third-order valence-electron chi connectivity index (χ3n) is 8.78. The van der Waals surface area contributed by atoms with Gasteiger partial charge in [-0.3, -0.25) is 9.80 Å². The summed E-state index contributed by atoms with van der Waals surface area (Å²) < 4.78 is 13.9. The van der Waals surface area contributed by atoms with Crippen molar-refractivity contribution in [3.8, 4) is 0 Å². The van der Waals surface area contributed by atoms with Crippen LogP contribution < -0.4 is 4.90 Å². The zero-order valence-corrected chi connectivity index (χ0v) is 20.2. The lowest BCUT2D eigenvalue weighted by atomic mass is 9.68. The van der Waals surface area contributed by atoms with Gasteiger partial charge in [0.05, 0.1) is 12.1 Å². The summed E-state index contributed by atoms with van der Waals surface area (Å²) in [6.45, 7) is 3.32. The molecule has 5 heteroatoms. The summed E-state index contributed by atoms with van der Waals surface area (Å²) in [6, 6.07) is 16.0. The highest BCUT2D eigenvalue weighted by atomic mass is 19.1. The molecule has 0 unspecified atom stereocenters. The van der Waals surface area contributed by atoms with Crippen molar-refractivity contribution >= 4 is 11.7 Å². The van der Waals surface area contributed by atoms with E-state index in [9.17, 15) is 9.18 Å². The number of halogens is 1. The Morgan fingerprint density at radius 3 is 2.30 bits per heavy atom. The predicted molar refractivity (Wildman–Crippen MR) is 131 cm³/mol. The molecule has 1 aliphatic heterocycles. The maximum atomic E-state index is 13.9. The van der Waals surface area contributed by atoms with E-state index in [1.807, 2.05) is 11.0 Å². The third kappa shape index (κ3) is 3.74.